The minimum absolute atomic E-state index is 0.0970. The fourth-order valence-corrected chi connectivity index (χ4v) is 4.53. The first-order chi connectivity index (χ1) is 9.98. The van der Waals surface area contributed by atoms with E-state index in [-0.39, 0.29) is 11.4 Å². The van der Waals surface area contributed by atoms with E-state index in [2.05, 4.69) is 0 Å². The largest absolute Gasteiger partial charge is 0.480 e. The van der Waals surface area contributed by atoms with Crippen molar-refractivity contribution in [3.63, 3.8) is 0 Å². The van der Waals surface area contributed by atoms with Crippen molar-refractivity contribution in [2.24, 2.45) is 0 Å². The maximum atomic E-state index is 12.6. The van der Waals surface area contributed by atoms with Gasteiger partial charge in [-0.15, -0.1) is 0 Å². The number of carboxylic acid groups (broad SMARTS) is 1. The molecule has 0 atom stereocenters. The van der Waals surface area contributed by atoms with Gasteiger partial charge in [-0.2, -0.15) is 4.31 Å². The number of hydrogen-bond donors (Lipinski definition) is 1. The van der Waals surface area contributed by atoms with Crippen molar-refractivity contribution in [1.29, 1.82) is 0 Å². The molecule has 0 amide bonds. The SMILES string of the molecule is O=C(O)CN1CCc2ccc(S(=O)(=O)N3CCCC3)cc21. The van der Waals surface area contributed by atoms with Crippen LogP contribution in [0.25, 0.3) is 0 Å². The maximum Gasteiger partial charge on any atom is 0.323 e. The fraction of sp³-hybridized carbons (Fsp3) is 0.500. The lowest BCUT2D eigenvalue weighted by molar-refractivity contribution is -0.135. The van der Waals surface area contributed by atoms with E-state index in [0.29, 0.717) is 19.6 Å². The van der Waals surface area contributed by atoms with Crippen molar-refractivity contribution in [1.82, 2.24) is 4.31 Å². The smallest absolute Gasteiger partial charge is 0.323 e. The van der Waals surface area contributed by atoms with Crippen LogP contribution in [0.2, 0.25) is 0 Å². The first-order valence-corrected chi connectivity index (χ1v) is 8.52. The molecular weight excluding hydrogens is 292 g/mol. The third kappa shape index (κ3) is 2.63. The molecule has 1 N–H and O–H groups in total. The molecule has 2 aliphatic heterocycles. The first kappa shape index (κ1) is 14.3. The Hall–Kier alpha value is -1.60. The zero-order valence-electron chi connectivity index (χ0n) is 11.7. The van der Waals surface area contributed by atoms with Crippen LogP contribution in [0.4, 0.5) is 5.69 Å². The minimum Gasteiger partial charge on any atom is -0.480 e. The summed E-state index contributed by atoms with van der Waals surface area (Å²) in [6.45, 7) is 1.66. The highest BCUT2D eigenvalue weighted by Crippen LogP contribution is 2.32. The minimum atomic E-state index is -3.45. The van der Waals surface area contributed by atoms with Crippen molar-refractivity contribution in [2.75, 3.05) is 31.1 Å². The second-order valence-corrected chi connectivity index (χ2v) is 7.40. The van der Waals surface area contributed by atoms with Crippen LogP contribution in [0.1, 0.15) is 18.4 Å². The van der Waals surface area contributed by atoms with E-state index in [1.165, 1.54) is 4.31 Å². The maximum absolute atomic E-state index is 12.6. The summed E-state index contributed by atoms with van der Waals surface area (Å²) in [6.07, 6.45) is 2.55. The zero-order valence-corrected chi connectivity index (χ0v) is 12.5. The van der Waals surface area contributed by atoms with E-state index in [4.69, 9.17) is 5.11 Å². The molecule has 1 aromatic rings. The summed E-state index contributed by atoms with van der Waals surface area (Å²) in [5.74, 6) is -0.907. The normalized spacial score (nSPS) is 19.0. The van der Waals surface area contributed by atoms with Gasteiger partial charge in [-0.3, -0.25) is 4.79 Å². The fourth-order valence-electron chi connectivity index (χ4n) is 2.99. The standard InChI is InChI=1S/C14H18N2O4S/c17-14(18)10-15-8-5-11-3-4-12(9-13(11)15)21(19,20)16-6-1-2-7-16/h3-4,9H,1-2,5-8,10H2,(H,17,18). The van der Waals surface area contributed by atoms with Crippen LogP contribution in [0.3, 0.4) is 0 Å². The molecule has 0 aromatic heterocycles. The number of sulfonamides is 1. The number of hydrogen-bond acceptors (Lipinski definition) is 4. The molecule has 1 aromatic carbocycles. The van der Waals surface area contributed by atoms with Crippen molar-refractivity contribution < 1.29 is 18.3 Å². The third-order valence-corrected chi connectivity index (χ3v) is 5.97. The Kier molecular flexibility index (Phi) is 3.62. The molecule has 7 heteroatoms. The predicted octanol–water partition coefficient (Wildman–Crippen LogP) is 0.918. The molecule has 2 heterocycles. The van der Waals surface area contributed by atoms with Crippen molar-refractivity contribution in [2.45, 2.75) is 24.2 Å². The summed E-state index contributed by atoms with van der Waals surface area (Å²) in [5.41, 5.74) is 1.74. The van der Waals surface area contributed by atoms with Crippen LogP contribution in [-0.4, -0.2) is 50.0 Å². The molecule has 6 nitrogen and oxygen atoms in total. The van der Waals surface area contributed by atoms with Gasteiger partial charge in [-0.1, -0.05) is 6.07 Å². The number of carboxylic acids is 1. The molecule has 0 unspecified atom stereocenters. The molecule has 0 radical (unpaired) electrons. The molecule has 114 valence electrons. The van der Waals surface area contributed by atoms with Crippen molar-refractivity contribution in [3.05, 3.63) is 23.8 Å². The lowest BCUT2D eigenvalue weighted by Crippen LogP contribution is -2.29. The van der Waals surface area contributed by atoms with E-state index >= 15 is 0 Å². The molecule has 21 heavy (non-hydrogen) atoms. The first-order valence-electron chi connectivity index (χ1n) is 7.08. The van der Waals surface area contributed by atoms with Gasteiger partial charge in [-0.25, -0.2) is 8.42 Å². The summed E-state index contributed by atoms with van der Waals surface area (Å²) < 4.78 is 26.6. The number of benzene rings is 1. The predicted molar refractivity (Wildman–Crippen MR) is 78.0 cm³/mol. The molecule has 0 bridgehead atoms. The topological polar surface area (TPSA) is 77.9 Å². The Labute approximate surface area is 124 Å². The third-order valence-electron chi connectivity index (χ3n) is 4.08. The van der Waals surface area contributed by atoms with Gasteiger partial charge in [0.2, 0.25) is 10.0 Å². The van der Waals surface area contributed by atoms with Crippen LogP contribution in [0.5, 0.6) is 0 Å². The molecule has 0 aliphatic carbocycles. The number of aliphatic carboxylic acids is 1. The second kappa shape index (κ2) is 5.31. The molecule has 1 saturated heterocycles. The zero-order chi connectivity index (χ0) is 15.0. The van der Waals surface area contributed by atoms with Crippen LogP contribution >= 0.6 is 0 Å². The summed E-state index contributed by atoms with van der Waals surface area (Å²) in [5, 5.41) is 8.93. The van der Waals surface area contributed by atoms with Gasteiger partial charge in [0.25, 0.3) is 0 Å². The molecule has 2 aliphatic rings. The van der Waals surface area contributed by atoms with Gasteiger partial charge in [0, 0.05) is 25.3 Å². The van der Waals surface area contributed by atoms with E-state index in [1.807, 2.05) is 0 Å². The number of nitrogens with zero attached hydrogens (tertiary/aromatic N) is 2. The number of carbonyl (C=O) groups is 1. The monoisotopic (exact) mass is 310 g/mol. The van der Waals surface area contributed by atoms with Crippen LogP contribution in [0.15, 0.2) is 23.1 Å². The van der Waals surface area contributed by atoms with Gasteiger partial charge in [0.05, 0.1) is 4.90 Å². The van der Waals surface area contributed by atoms with Gasteiger partial charge >= 0.3 is 5.97 Å². The summed E-state index contributed by atoms with van der Waals surface area (Å²) in [4.78, 5) is 12.9. The average Bonchev–Trinajstić information content (AvgIpc) is 3.08. The molecule has 1 fully saturated rings. The van der Waals surface area contributed by atoms with Crippen LogP contribution in [-0.2, 0) is 21.2 Å². The van der Waals surface area contributed by atoms with E-state index in [1.54, 1.807) is 23.1 Å². The van der Waals surface area contributed by atoms with Crippen molar-refractivity contribution in [3.8, 4) is 0 Å². The number of anilines is 1. The Morgan fingerprint density at radius 2 is 1.90 bits per heavy atom. The van der Waals surface area contributed by atoms with Gasteiger partial charge in [0.1, 0.15) is 6.54 Å². The summed E-state index contributed by atoms with van der Waals surface area (Å²) in [7, 11) is -3.45. The highest BCUT2D eigenvalue weighted by Gasteiger charge is 2.29. The molecule has 0 spiro atoms. The highest BCUT2D eigenvalue weighted by atomic mass is 32.2. The lowest BCUT2D eigenvalue weighted by atomic mass is 10.2. The van der Waals surface area contributed by atoms with Crippen molar-refractivity contribution >= 4 is 21.7 Å². The van der Waals surface area contributed by atoms with Crippen LogP contribution in [0, 0.1) is 0 Å². The van der Waals surface area contributed by atoms with Gasteiger partial charge in [-0.05, 0) is 37.0 Å². The Morgan fingerprint density at radius 3 is 2.57 bits per heavy atom. The quantitative estimate of drug-likeness (QED) is 0.894. The Morgan fingerprint density at radius 1 is 1.19 bits per heavy atom. The average molecular weight is 310 g/mol. The van der Waals surface area contributed by atoms with E-state index in [9.17, 15) is 13.2 Å². The van der Waals surface area contributed by atoms with E-state index < -0.39 is 16.0 Å². The number of rotatable bonds is 4. The highest BCUT2D eigenvalue weighted by molar-refractivity contribution is 7.89. The molecule has 0 saturated carbocycles. The van der Waals surface area contributed by atoms with Crippen LogP contribution < -0.4 is 4.90 Å². The molecular formula is C14H18N2O4S. The molecule has 3 rings (SSSR count). The van der Waals surface area contributed by atoms with Gasteiger partial charge < -0.3 is 10.0 Å². The number of fused-ring (bicyclic) bond motifs is 1. The van der Waals surface area contributed by atoms with E-state index in [0.717, 1.165) is 30.5 Å². The summed E-state index contributed by atoms with van der Waals surface area (Å²) in [6, 6.07) is 5.07. The Bertz CT molecular complexity index is 666. The second-order valence-electron chi connectivity index (χ2n) is 5.47. The summed E-state index contributed by atoms with van der Waals surface area (Å²) >= 11 is 0. The lowest BCUT2D eigenvalue weighted by Gasteiger charge is -2.19. The Balaban J connectivity index is 1.94. The van der Waals surface area contributed by atoms with Gasteiger partial charge in [0.15, 0.2) is 0 Å².